The number of nitrogens with one attached hydrogen (secondary N) is 1. The number of ketones is 1. The van der Waals surface area contributed by atoms with Crippen LogP contribution < -0.4 is 20.8 Å². The molecule has 0 radical (unpaired) electrons. The van der Waals surface area contributed by atoms with Gasteiger partial charge in [-0.3, -0.25) is 19.3 Å². The number of nitrogens with zero attached hydrogens (tertiary/aromatic N) is 6. The second-order valence-electron chi connectivity index (χ2n) is 11.1. The summed E-state index contributed by atoms with van der Waals surface area (Å²) in [5.74, 6) is -2.41. The predicted molar refractivity (Wildman–Crippen MR) is 189 cm³/mol. The van der Waals surface area contributed by atoms with Crippen LogP contribution in [0.15, 0.2) is 77.9 Å². The maximum Gasteiger partial charge on any atom is 0.277 e. The molecule has 0 aliphatic carbocycles. The van der Waals surface area contributed by atoms with Crippen molar-refractivity contribution in [2.45, 2.75) is 34.9 Å². The number of nitrogens with two attached hydrogens (primary N) is 1. The number of thioether (sulfide) groups is 3. The molecular formula is C31H30N8O9S4. The van der Waals surface area contributed by atoms with E-state index < -0.39 is 40.1 Å². The molecule has 1 saturated heterocycles. The summed E-state index contributed by atoms with van der Waals surface area (Å²) >= 11 is 5.18. The van der Waals surface area contributed by atoms with Crippen molar-refractivity contribution in [3.63, 3.8) is 0 Å². The second kappa shape index (κ2) is 16.8. The number of amides is 1. The maximum atomic E-state index is 13.6. The van der Waals surface area contributed by atoms with Crippen LogP contribution in [-0.2, 0) is 25.8 Å². The number of Topliss-reactive ketones (excluding diaryl/α,β-unsaturated/α-hetero) is 1. The highest BCUT2D eigenvalue weighted by molar-refractivity contribution is 8.00. The average molecular weight is 787 g/mol. The third-order valence-electron chi connectivity index (χ3n) is 7.76. The molecule has 2 aliphatic heterocycles. The van der Waals surface area contributed by atoms with E-state index in [4.69, 9.17) is 20.1 Å². The number of aliphatic carboxylic acids is 1. The Labute approximate surface area is 311 Å². The number of pyridine rings is 2. The first kappa shape index (κ1) is 37.1. The normalized spacial score (nSPS) is 17.2. The molecule has 4 aromatic rings. The Morgan fingerprint density at radius 1 is 1.23 bits per heavy atom. The van der Waals surface area contributed by atoms with E-state index >= 15 is 0 Å². The lowest BCUT2D eigenvalue weighted by Gasteiger charge is -2.51. The number of carbonyl (C=O) groups excluding carboxylic acids is 3. The fourth-order valence-electron chi connectivity index (χ4n) is 5.27. The summed E-state index contributed by atoms with van der Waals surface area (Å²) in [4.78, 5) is 65.3. The predicted octanol–water partition coefficient (Wildman–Crippen LogP) is 0.639. The highest BCUT2D eigenvalue weighted by Gasteiger charge is 2.52. The van der Waals surface area contributed by atoms with Crippen molar-refractivity contribution in [3.8, 4) is 17.3 Å². The maximum absolute atomic E-state index is 13.6. The molecule has 0 saturated carbocycles. The van der Waals surface area contributed by atoms with Gasteiger partial charge in [-0.15, -0.1) is 45.1 Å². The molecule has 52 heavy (non-hydrogen) atoms. The smallest absolute Gasteiger partial charge is 0.277 e. The fraction of sp³-hybridized carbons (Fsp3) is 0.323. The zero-order chi connectivity index (χ0) is 36.8. The number of aromatic hydroxyl groups is 1. The minimum Gasteiger partial charge on any atom is -0.543 e. The first-order valence-corrected chi connectivity index (χ1v) is 19.5. The van der Waals surface area contributed by atoms with E-state index in [1.165, 1.54) is 16.7 Å². The Bertz CT molecular complexity index is 2080. The van der Waals surface area contributed by atoms with Gasteiger partial charge in [0.1, 0.15) is 24.6 Å². The highest BCUT2D eigenvalue weighted by Crippen LogP contribution is 2.46. The lowest BCUT2D eigenvalue weighted by atomic mass is 9.89. The van der Waals surface area contributed by atoms with Gasteiger partial charge >= 0.3 is 0 Å². The zero-order valence-corrected chi connectivity index (χ0v) is 30.3. The van der Waals surface area contributed by atoms with Crippen molar-refractivity contribution >= 4 is 75.1 Å². The lowest BCUT2D eigenvalue weighted by molar-refractivity contribution is -0.698. The third kappa shape index (κ3) is 8.49. The quantitative estimate of drug-likeness (QED) is 0.0286. The van der Waals surface area contributed by atoms with E-state index in [1.54, 1.807) is 17.1 Å². The van der Waals surface area contributed by atoms with Crippen LogP contribution in [-0.4, -0.2) is 94.5 Å². The topological polar surface area (TPSA) is 254 Å². The third-order valence-corrected chi connectivity index (χ3v) is 11.6. The molecule has 0 spiro atoms. The van der Waals surface area contributed by atoms with Gasteiger partial charge in [0.2, 0.25) is 11.3 Å². The molecule has 6 rings (SSSR count). The van der Waals surface area contributed by atoms with Crippen LogP contribution in [0.3, 0.4) is 0 Å². The van der Waals surface area contributed by atoms with E-state index in [-0.39, 0.29) is 64.4 Å². The molecule has 0 unspecified atom stereocenters. The van der Waals surface area contributed by atoms with E-state index in [0.29, 0.717) is 30.0 Å². The van der Waals surface area contributed by atoms with Gasteiger partial charge in [0, 0.05) is 58.4 Å². The number of oxime groups is 1. The van der Waals surface area contributed by atoms with Crippen LogP contribution in [0.1, 0.15) is 18.5 Å². The second-order valence-corrected chi connectivity index (χ2v) is 15.3. The molecule has 4 aromatic heterocycles. The number of carbonyl (C=O) groups is 3. The van der Waals surface area contributed by atoms with Crippen LogP contribution in [0.5, 0.6) is 5.75 Å². The van der Waals surface area contributed by atoms with E-state index in [0.717, 1.165) is 40.3 Å². The molecule has 21 heteroatoms. The SMILES string of the molecule is Nc1nc(/C(=N/OCCSc2nnc(-c3cc(=O)c(O)c[nH]3)o2)C(=O)C[C@@H]2C(=O)N3C(C(=O)[O-])=C(CCSc4cc[n+](CCO)cc4)CS[C@H]23)cs1. The minimum absolute atomic E-state index is 0.0122. The molecule has 1 fully saturated rings. The van der Waals surface area contributed by atoms with Crippen molar-refractivity contribution in [2.24, 2.45) is 11.1 Å². The number of rotatable bonds is 17. The molecule has 2 aliphatic rings. The van der Waals surface area contributed by atoms with Crippen molar-refractivity contribution in [1.29, 1.82) is 0 Å². The number of hydrogen-bond donors (Lipinski definition) is 4. The Hall–Kier alpha value is -4.70. The molecule has 1 amide bonds. The summed E-state index contributed by atoms with van der Waals surface area (Å²) in [5, 5.41) is 43.9. The molecule has 17 nitrogen and oxygen atoms in total. The first-order valence-electron chi connectivity index (χ1n) is 15.6. The number of aromatic nitrogens is 5. The molecule has 5 N–H and O–H groups in total. The van der Waals surface area contributed by atoms with Gasteiger partial charge in [-0.25, -0.2) is 9.55 Å². The number of thiazole rings is 1. The monoisotopic (exact) mass is 786 g/mol. The summed E-state index contributed by atoms with van der Waals surface area (Å²) in [7, 11) is 0. The standard InChI is InChI=1S/C31H30N8O9S4/c32-30-34-20(15-52-30)24(37-47-8-10-50-31-36-35-26(48-31)19-12-21(41)23(43)13-33-19)22(42)11-18-27(44)39-25(29(45)46)16(14-51-28(18)39)3-9-49-17-1-4-38(5-2-17)6-7-40/h1-2,4-5,12-13,15,18,28,40H,3,6-11,14H2,(H4-,32,33,34,35,37,41,42,43,45,46)/t18-,28-/m1/s1. The molecular weight excluding hydrogens is 757 g/mol. The number of fused-ring (bicyclic) bond motifs is 1. The van der Waals surface area contributed by atoms with Crippen LogP contribution in [0, 0.1) is 5.92 Å². The largest absolute Gasteiger partial charge is 0.543 e. The van der Waals surface area contributed by atoms with Gasteiger partial charge in [0.25, 0.3) is 11.1 Å². The Morgan fingerprint density at radius 2 is 2.04 bits per heavy atom. The number of aromatic amines is 1. The number of nitrogen functional groups attached to an aromatic ring is 1. The van der Waals surface area contributed by atoms with Crippen molar-refractivity contribution in [1.82, 2.24) is 25.1 Å². The Morgan fingerprint density at radius 3 is 2.75 bits per heavy atom. The van der Waals surface area contributed by atoms with Gasteiger partial charge in [0.05, 0.1) is 23.0 Å². The van der Waals surface area contributed by atoms with Gasteiger partial charge in [0.15, 0.2) is 41.3 Å². The number of β-lactam (4-membered cyclic amide) rings is 1. The number of H-pyrrole nitrogens is 1. The van der Waals surface area contributed by atoms with Gasteiger partial charge < -0.3 is 40.1 Å². The number of hydrogen-bond acceptors (Lipinski definition) is 18. The number of aliphatic hydroxyl groups is 1. The van der Waals surface area contributed by atoms with Crippen LogP contribution in [0.4, 0.5) is 5.13 Å². The molecule has 2 atom stereocenters. The highest BCUT2D eigenvalue weighted by atomic mass is 32.2. The fourth-order valence-corrected chi connectivity index (χ4v) is 8.74. The molecule has 0 bridgehead atoms. The summed E-state index contributed by atoms with van der Waals surface area (Å²) < 4.78 is 7.38. The zero-order valence-electron chi connectivity index (χ0n) is 27.0. The molecule has 272 valence electrons. The molecule has 6 heterocycles. The number of carboxylic acid groups (broad SMARTS) is 1. The minimum atomic E-state index is -1.44. The van der Waals surface area contributed by atoms with Crippen molar-refractivity contribution in [3.05, 3.63) is 69.4 Å². The van der Waals surface area contributed by atoms with Crippen molar-refractivity contribution in [2.75, 3.05) is 36.2 Å². The Balaban J connectivity index is 1.05. The summed E-state index contributed by atoms with van der Waals surface area (Å²) in [6.45, 7) is 0.538. The van der Waals surface area contributed by atoms with E-state index in [1.807, 2.05) is 29.1 Å². The summed E-state index contributed by atoms with van der Waals surface area (Å²) in [6.07, 6.45) is 5.01. The van der Waals surface area contributed by atoms with Crippen LogP contribution in [0.2, 0.25) is 0 Å². The van der Waals surface area contributed by atoms with Crippen LogP contribution in [0.25, 0.3) is 11.6 Å². The lowest BCUT2D eigenvalue weighted by Crippen LogP contribution is -2.63. The van der Waals surface area contributed by atoms with Crippen LogP contribution >= 0.6 is 46.6 Å². The summed E-state index contributed by atoms with van der Waals surface area (Å²) in [5.41, 5.74) is 5.94. The van der Waals surface area contributed by atoms with Gasteiger partial charge in [-0.05, 0) is 12.0 Å². The summed E-state index contributed by atoms with van der Waals surface area (Å²) in [6, 6.07) is 4.96. The van der Waals surface area contributed by atoms with Crippen molar-refractivity contribution < 1.29 is 43.5 Å². The Kier molecular flexibility index (Phi) is 11.9. The number of carboxylic acids is 1. The number of aliphatic hydroxyl groups excluding tert-OH is 1. The molecule has 0 aromatic carbocycles. The first-order chi connectivity index (χ1) is 25.1. The van der Waals surface area contributed by atoms with Gasteiger partial charge in [-0.2, -0.15) is 0 Å². The van der Waals surface area contributed by atoms with E-state index in [2.05, 4.69) is 25.3 Å². The average Bonchev–Trinajstić information content (AvgIpc) is 3.79. The van der Waals surface area contributed by atoms with E-state index in [9.17, 15) is 29.4 Å². The number of anilines is 1. The van der Waals surface area contributed by atoms with Gasteiger partial charge in [-0.1, -0.05) is 16.9 Å².